The highest BCUT2D eigenvalue weighted by atomic mass is 16.5. The molecule has 0 saturated carbocycles. The Morgan fingerprint density at radius 1 is 0.925 bits per heavy atom. The van der Waals surface area contributed by atoms with Crippen molar-refractivity contribution in [1.29, 1.82) is 0 Å². The number of aromatic amines is 1. The molecule has 5 aromatic rings. The van der Waals surface area contributed by atoms with Crippen molar-refractivity contribution in [1.82, 2.24) is 15.2 Å². The largest absolute Gasteiger partial charge is 0.506 e. The molecule has 0 radical (unpaired) electrons. The molecule has 2 bridgehead atoms. The summed E-state index contributed by atoms with van der Waals surface area (Å²) in [7, 11) is 0. The van der Waals surface area contributed by atoms with Gasteiger partial charge in [-0.25, -0.2) is 4.79 Å². The van der Waals surface area contributed by atoms with E-state index in [1.165, 1.54) is 17.7 Å². The lowest BCUT2D eigenvalue weighted by molar-refractivity contribution is 0.0838. The summed E-state index contributed by atoms with van der Waals surface area (Å²) in [6.07, 6.45) is 3.92. The maximum absolute atomic E-state index is 12.8. The lowest BCUT2D eigenvalue weighted by atomic mass is 9.82. The first kappa shape index (κ1) is 36.2. The number of anilines is 1. The van der Waals surface area contributed by atoms with Crippen LogP contribution in [0.15, 0.2) is 102 Å². The third-order valence-electron chi connectivity index (χ3n) is 10.8. The van der Waals surface area contributed by atoms with Gasteiger partial charge in [0.25, 0.3) is 0 Å². The molecule has 3 fully saturated rings. The van der Waals surface area contributed by atoms with Crippen molar-refractivity contribution in [2.75, 3.05) is 44.2 Å². The Labute approximate surface area is 309 Å². The van der Waals surface area contributed by atoms with E-state index in [9.17, 15) is 24.9 Å². The number of aliphatic hydroxyl groups excluding tert-OH is 1. The maximum atomic E-state index is 12.8. The van der Waals surface area contributed by atoms with Crippen molar-refractivity contribution in [2.45, 2.75) is 50.7 Å². The summed E-state index contributed by atoms with van der Waals surface area (Å²) in [6.45, 7) is 4.53. The van der Waals surface area contributed by atoms with Crippen LogP contribution < -0.4 is 20.5 Å². The van der Waals surface area contributed by atoms with Crippen molar-refractivity contribution in [3.8, 4) is 22.6 Å². The van der Waals surface area contributed by atoms with Gasteiger partial charge in [0.2, 0.25) is 5.56 Å². The SMILES string of the molecule is O=C(O)N(c1ccc(CCCCOc2ccc(CCNC[C@@H](O)c3ccc(O)c4[nH]c(=O)ccc34)cc2)cc1-c1ccccc1)[C@H]1CN2CCC1CC2. The normalized spacial score (nSPS) is 18.5. The number of pyridine rings is 1. The number of phenolic OH excluding ortho intramolecular Hbond substituents is 1. The molecular formula is C43H48N4O6. The summed E-state index contributed by atoms with van der Waals surface area (Å²) < 4.78 is 6.05. The molecule has 10 nitrogen and oxygen atoms in total. The molecule has 4 heterocycles. The Bertz CT molecular complexity index is 2060. The molecule has 5 N–H and O–H groups in total. The Hall–Kier alpha value is -5.16. The molecule has 53 heavy (non-hydrogen) atoms. The topological polar surface area (TPSA) is 138 Å². The van der Waals surface area contributed by atoms with E-state index in [1.807, 2.05) is 36.4 Å². The standard InChI is InChI=1S/C43H48N4O6/c48-39-17-14-34(35-15-18-41(50)45-42(35)39)40(49)27-44-22-19-29-9-12-33(13-10-29)53-25-5-4-6-30-11-16-37(36(26-30)31-7-2-1-3-8-31)47(43(51)52)38-28-46-23-20-32(38)21-24-46/h1-3,7-18,26,32,38,40,44,48-49H,4-6,19-25,27-28H2,(H,45,50)(H,51,52)/t38-,40+/m0/s1. The number of aromatic hydroxyl groups is 1. The highest BCUT2D eigenvalue weighted by molar-refractivity contribution is 5.94. The van der Waals surface area contributed by atoms with Crippen LogP contribution in [0.25, 0.3) is 22.0 Å². The van der Waals surface area contributed by atoms with Crippen LogP contribution >= 0.6 is 0 Å². The molecule has 10 heteroatoms. The predicted octanol–water partition coefficient (Wildman–Crippen LogP) is 6.75. The number of carbonyl (C=O) groups is 1. The van der Waals surface area contributed by atoms with Crippen LogP contribution in [0.1, 0.15) is 48.5 Å². The van der Waals surface area contributed by atoms with Crippen molar-refractivity contribution in [2.24, 2.45) is 5.92 Å². The van der Waals surface area contributed by atoms with E-state index < -0.39 is 12.2 Å². The first-order chi connectivity index (χ1) is 25.8. The van der Waals surface area contributed by atoms with E-state index in [-0.39, 0.29) is 17.4 Å². The number of ether oxygens (including phenoxy) is 1. The van der Waals surface area contributed by atoms with Crippen LogP contribution in [0, 0.1) is 5.92 Å². The molecule has 8 rings (SSSR count). The number of rotatable bonds is 15. The third kappa shape index (κ3) is 8.57. The first-order valence-corrected chi connectivity index (χ1v) is 18.7. The summed E-state index contributed by atoms with van der Waals surface area (Å²) >= 11 is 0. The van der Waals surface area contributed by atoms with E-state index in [1.54, 1.807) is 17.0 Å². The zero-order valence-corrected chi connectivity index (χ0v) is 29.9. The van der Waals surface area contributed by atoms with E-state index in [0.29, 0.717) is 42.1 Å². The summed E-state index contributed by atoms with van der Waals surface area (Å²) in [4.78, 5) is 31.1. The Morgan fingerprint density at radius 3 is 2.43 bits per heavy atom. The molecule has 276 valence electrons. The molecule has 1 aromatic heterocycles. The van der Waals surface area contributed by atoms with Crippen LogP contribution in [0.4, 0.5) is 10.5 Å². The molecule has 0 spiro atoms. The van der Waals surface area contributed by atoms with E-state index >= 15 is 0 Å². The van der Waals surface area contributed by atoms with Crippen LogP contribution in [0.5, 0.6) is 11.5 Å². The molecule has 1 amide bonds. The molecule has 0 unspecified atom stereocenters. The number of fused-ring (bicyclic) bond motifs is 4. The molecule has 4 aromatic carbocycles. The van der Waals surface area contributed by atoms with Gasteiger partial charge in [0.15, 0.2) is 0 Å². The second kappa shape index (κ2) is 16.7. The lowest BCUT2D eigenvalue weighted by Crippen LogP contribution is -2.58. The van der Waals surface area contributed by atoms with Crippen molar-refractivity contribution < 1.29 is 24.9 Å². The van der Waals surface area contributed by atoms with Gasteiger partial charge in [-0.2, -0.15) is 0 Å². The fourth-order valence-corrected chi connectivity index (χ4v) is 7.95. The number of H-pyrrole nitrogens is 1. The van der Waals surface area contributed by atoms with Gasteiger partial charge >= 0.3 is 6.09 Å². The molecule has 3 saturated heterocycles. The van der Waals surface area contributed by atoms with E-state index in [4.69, 9.17) is 4.74 Å². The Kier molecular flexibility index (Phi) is 11.4. The van der Waals surface area contributed by atoms with Gasteiger partial charge in [-0.3, -0.25) is 9.69 Å². The predicted molar refractivity (Wildman–Crippen MR) is 208 cm³/mol. The third-order valence-corrected chi connectivity index (χ3v) is 10.8. The number of piperidine rings is 3. The number of aryl methyl sites for hydroxylation is 1. The fourth-order valence-electron chi connectivity index (χ4n) is 7.95. The minimum Gasteiger partial charge on any atom is -0.506 e. The number of hydrogen-bond acceptors (Lipinski definition) is 7. The number of aromatic nitrogens is 1. The van der Waals surface area contributed by atoms with Crippen LogP contribution in [-0.2, 0) is 12.8 Å². The monoisotopic (exact) mass is 716 g/mol. The van der Waals surface area contributed by atoms with E-state index in [2.05, 4.69) is 51.6 Å². The Morgan fingerprint density at radius 2 is 1.70 bits per heavy atom. The minimum absolute atomic E-state index is 0.0281. The fraction of sp³-hybridized carbons (Fsp3) is 0.349. The Balaban J connectivity index is 0.880. The van der Waals surface area contributed by atoms with Gasteiger partial charge in [0.05, 0.1) is 30.0 Å². The number of amides is 1. The molecule has 0 aliphatic carbocycles. The highest BCUT2D eigenvalue weighted by Crippen LogP contribution is 2.39. The number of phenols is 1. The van der Waals surface area contributed by atoms with Crippen LogP contribution in [0.2, 0.25) is 0 Å². The van der Waals surface area contributed by atoms with Crippen LogP contribution in [-0.4, -0.2) is 76.7 Å². The molecule has 2 atom stereocenters. The summed E-state index contributed by atoms with van der Waals surface area (Å²) in [6, 6.07) is 30.6. The van der Waals surface area contributed by atoms with E-state index in [0.717, 1.165) is 86.3 Å². The number of nitrogens with zero attached hydrogens (tertiary/aromatic N) is 2. The summed E-state index contributed by atoms with van der Waals surface area (Å²) in [5.41, 5.74) is 5.76. The van der Waals surface area contributed by atoms with Gasteiger partial charge in [0, 0.05) is 30.1 Å². The number of unbranched alkanes of at least 4 members (excludes halogenated alkanes) is 1. The number of carboxylic acid groups (broad SMARTS) is 1. The summed E-state index contributed by atoms with van der Waals surface area (Å²) in [5, 5.41) is 35.3. The summed E-state index contributed by atoms with van der Waals surface area (Å²) in [5.74, 6) is 1.19. The lowest BCUT2D eigenvalue weighted by Gasteiger charge is -2.48. The van der Waals surface area contributed by atoms with Crippen molar-refractivity contribution in [3.05, 3.63) is 124 Å². The smallest absolute Gasteiger partial charge is 0.412 e. The quantitative estimate of drug-likeness (QED) is 0.0751. The molecule has 3 aliphatic heterocycles. The number of benzene rings is 4. The number of aliphatic hydroxyl groups is 1. The van der Waals surface area contributed by atoms with Gasteiger partial charge in [0.1, 0.15) is 11.5 Å². The zero-order valence-electron chi connectivity index (χ0n) is 29.9. The number of nitrogens with one attached hydrogen (secondary N) is 2. The number of hydrogen-bond donors (Lipinski definition) is 5. The first-order valence-electron chi connectivity index (χ1n) is 18.7. The second-order valence-corrected chi connectivity index (χ2v) is 14.3. The average Bonchev–Trinajstić information content (AvgIpc) is 3.18. The van der Waals surface area contributed by atoms with Gasteiger partial charge in [-0.1, -0.05) is 54.6 Å². The molecular weight excluding hydrogens is 668 g/mol. The minimum atomic E-state index is -0.882. The maximum Gasteiger partial charge on any atom is 0.412 e. The highest BCUT2D eigenvalue weighted by Gasteiger charge is 2.40. The second-order valence-electron chi connectivity index (χ2n) is 14.3. The molecule has 3 aliphatic rings. The van der Waals surface area contributed by atoms with Crippen molar-refractivity contribution >= 4 is 22.7 Å². The zero-order chi connectivity index (χ0) is 36.7. The van der Waals surface area contributed by atoms with Gasteiger partial charge < -0.3 is 35.3 Å². The van der Waals surface area contributed by atoms with Crippen LogP contribution in [0.3, 0.4) is 0 Å². The average molecular weight is 717 g/mol. The van der Waals surface area contributed by atoms with Gasteiger partial charge in [-0.15, -0.1) is 0 Å². The van der Waals surface area contributed by atoms with Crippen molar-refractivity contribution in [3.63, 3.8) is 0 Å². The van der Waals surface area contributed by atoms with Gasteiger partial charge in [-0.05, 0) is 123 Å².